The van der Waals surface area contributed by atoms with E-state index >= 15 is 0 Å². The fourth-order valence-corrected chi connectivity index (χ4v) is 3.05. The van der Waals surface area contributed by atoms with Gasteiger partial charge in [-0.3, -0.25) is 4.79 Å². The van der Waals surface area contributed by atoms with Crippen LogP contribution in [0.4, 0.5) is 0 Å². The van der Waals surface area contributed by atoms with Crippen LogP contribution in [0.1, 0.15) is 18.4 Å². The molecule has 2 N–H and O–H groups in total. The van der Waals surface area contributed by atoms with Gasteiger partial charge in [-0.05, 0) is 36.6 Å². The van der Waals surface area contributed by atoms with Crippen LogP contribution in [0.15, 0.2) is 23.1 Å². The van der Waals surface area contributed by atoms with Gasteiger partial charge < -0.3 is 10.2 Å². The molecule has 0 spiro atoms. The van der Waals surface area contributed by atoms with E-state index in [-0.39, 0.29) is 12.2 Å². The molecule has 0 aromatic heterocycles. The van der Waals surface area contributed by atoms with Crippen LogP contribution in [0.25, 0.3) is 0 Å². The minimum atomic E-state index is -0.741. The Labute approximate surface area is 92.1 Å². The number of aromatic hydroxyl groups is 1. The molecule has 0 saturated heterocycles. The third kappa shape index (κ3) is 2.45. The fourth-order valence-electron chi connectivity index (χ4n) is 1.75. The lowest BCUT2D eigenvalue weighted by Gasteiger charge is -2.04. The minimum absolute atomic E-state index is 0.220. The Balaban J connectivity index is 2.00. The Morgan fingerprint density at radius 2 is 2.33 bits per heavy atom. The molecule has 1 heterocycles. The lowest BCUT2D eigenvalue weighted by atomic mass is 10.1. The molecule has 1 aliphatic heterocycles. The van der Waals surface area contributed by atoms with Crippen LogP contribution in [-0.4, -0.2) is 21.4 Å². The Morgan fingerprint density at radius 3 is 3.07 bits per heavy atom. The quantitative estimate of drug-likeness (QED) is 0.827. The molecule has 1 aromatic carbocycles. The van der Waals surface area contributed by atoms with Crippen LogP contribution < -0.4 is 0 Å². The highest BCUT2D eigenvalue weighted by atomic mass is 32.2. The molecule has 0 bridgehead atoms. The van der Waals surface area contributed by atoms with Crippen molar-refractivity contribution >= 4 is 17.7 Å². The largest absolute Gasteiger partial charge is 0.508 e. The number of thioether (sulfide) groups is 1. The number of rotatable bonds is 3. The smallest absolute Gasteiger partial charge is 0.303 e. The van der Waals surface area contributed by atoms with Gasteiger partial charge in [-0.1, -0.05) is 0 Å². The maximum Gasteiger partial charge on any atom is 0.303 e. The van der Waals surface area contributed by atoms with Crippen molar-refractivity contribution in [3.8, 4) is 5.75 Å². The van der Waals surface area contributed by atoms with Crippen molar-refractivity contribution < 1.29 is 15.0 Å². The number of hydrogen-bond donors (Lipinski definition) is 2. The number of hydrogen-bond acceptors (Lipinski definition) is 3. The summed E-state index contributed by atoms with van der Waals surface area (Å²) in [6.45, 7) is 0. The predicted molar refractivity (Wildman–Crippen MR) is 58.3 cm³/mol. The third-order valence-corrected chi connectivity index (χ3v) is 3.85. The standard InChI is InChI=1S/C11H12O3S/c12-8-1-3-10-7(5-8)6-9(15-10)2-4-11(13)14/h1,3,5,9,12H,2,4,6H2,(H,13,14). The number of carboxylic acid groups (broad SMARTS) is 1. The van der Waals surface area contributed by atoms with Crippen molar-refractivity contribution in [2.24, 2.45) is 0 Å². The SMILES string of the molecule is O=C(O)CCC1Cc2cc(O)ccc2S1. The van der Waals surface area contributed by atoms with Gasteiger partial charge in [0.25, 0.3) is 0 Å². The summed E-state index contributed by atoms with van der Waals surface area (Å²) in [6.07, 6.45) is 1.77. The number of fused-ring (bicyclic) bond motifs is 1. The van der Waals surface area contributed by atoms with E-state index in [4.69, 9.17) is 5.11 Å². The summed E-state index contributed by atoms with van der Waals surface area (Å²) in [6, 6.07) is 5.34. The first-order valence-corrected chi connectivity index (χ1v) is 5.73. The minimum Gasteiger partial charge on any atom is -0.508 e. The van der Waals surface area contributed by atoms with Gasteiger partial charge in [0.1, 0.15) is 5.75 Å². The number of carbonyl (C=O) groups is 1. The maximum absolute atomic E-state index is 10.4. The van der Waals surface area contributed by atoms with Gasteiger partial charge in [-0.15, -0.1) is 11.8 Å². The molecule has 1 aliphatic rings. The molecule has 1 aromatic rings. The molecule has 0 fully saturated rings. The van der Waals surface area contributed by atoms with Crippen molar-refractivity contribution in [3.05, 3.63) is 23.8 Å². The van der Waals surface area contributed by atoms with E-state index < -0.39 is 5.97 Å². The van der Waals surface area contributed by atoms with Crippen molar-refractivity contribution in [1.29, 1.82) is 0 Å². The average Bonchev–Trinajstić information content (AvgIpc) is 2.56. The number of phenolic OH excluding ortho intramolecular Hbond substituents is 1. The van der Waals surface area contributed by atoms with Crippen LogP contribution in [0.2, 0.25) is 0 Å². The lowest BCUT2D eigenvalue weighted by molar-refractivity contribution is -0.137. The zero-order valence-electron chi connectivity index (χ0n) is 8.14. The molecule has 1 unspecified atom stereocenters. The second-order valence-electron chi connectivity index (χ2n) is 3.67. The van der Waals surface area contributed by atoms with E-state index in [1.807, 2.05) is 6.07 Å². The van der Waals surface area contributed by atoms with Crippen LogP contribution in [0, 0.1) is 0 Å². The second kappa shape index (κ2) is 4.14. The number of aliphatic carboxylic acids is 1. The summed E-state index contributed by atoms with van der Waals surface area (Å²) in [5.41, 5.74) is 1.13. The van der Waals surface area contributed by atoms with Crippen LogP contribution >= 0.6 is 11.8 Å². The first kappa shape index (κ1) is 10.4. The van der Waals surface area contributed by atoms with Gasteiger partial charge in [-0.2, -0.15) is 0 Å². The Hall–Kier alpha value is -1.16. The molecule has 0 saturated carbocycles. The van der Waals surface area contributed by atoms with Crippen molar-refractivity contribution in [1.82, 2.24) is 0 Å². The third-order valence-electron chi connectivity index (χ3n) is 2.47. The molecule has 0 aliphatic carbocycles. The topological polar surface area (TPSA) is 57.5 Å². The van der Waals surface area contributed by atoms with Crippen LogP contribution in [0.3, 0.4) is 0 Å². The number of carboxylic acids is 1. The molecule has 1 atom stereocenters. The maximum atomic E-state index is 10.4. The zero-order chi connectivity index (χ0) is 10.8. The molecule has 15 heavy (non-hydrogen) atoms. The molecule has 0 amide bonds. The molecular weight excluding hydrogens is 212 g/mol. The van der Waals surface area contributed by atoms with Gasteiger partial charge in [0.2, 0.25) is 0 Å². The number of phenols is 1. The Bertz CT molecular complexity index is 389. The van der Waals surface area contributed by atoms with Crippen LogP contribution in [0.5, 0.6) is 5.75 Å². The molecular formula is C11H12O3S. The average molecular weight is 224 g/mol. The first-order chi connectivity index (χ1) is 7.15. The van der Waals surface area contributed by atoms with E-state index in [1.54, 1.807) is 23.9 Å². The summed E-state index contributed by atoms with van der Waals surface area (Å²) >= 11 is 1.71. The highest BCUT2D eigenvalue weighted by Crippen LogP contribution is 2.40. The molecule has 2 rings (SSSR count). The van der Waals surface area contributed by atoms with Gasteiger partial charge >= 0.3 is 5.97 Å². The van der Waals surface area contributed by atoms with E-state index in [0.29, 0.717) is 11.7 Å². The van der Waals surface area contributed by atoms with Crippen molar-refractivity contribution in [2.75, 3.05) is 0 Å². The van der Waals surface area contributed by atoms with Crippen molar-refractivity contribution in [3.63, 3.8) is 0 Å². The summed E-state index contributed by atoms with van der Waals surface area (Å²) in [4.78, 5) is 11.6. The van der Waals surface area contributed by atoms with Crippen LogP contribution in [-0.2, 0) is 11.2 Å². The highest BCUT2D eigenvalue weighted by molar-refractivity contribution is 8.00. The van der Waals surface area contributed by atoms with Crippen molar-refractivity contribution in [2.45, 2.75) is 29.4 Å². The monoisotopic (exact) mass is 224 g/mol. The van der Waals surface area contributed by atoms with Gasteiger partial charge in [0.05, 0.1) is 0 Å². The Morgan fingerprint density at radius 1 is 1.53 bits per heavy atom. The molecule has 80 valence electrons. The van der Waals surface area contributed by atoms with E-state index in [2.05, 4.69) is 0 Å². The Kier molecular flexibility index (Phi) is 2.86. The summed E-state index contributed by atoms with van der Waals surface area (Å²) in [5.74, 6) is -0.456. The molecule has 3 nitrogen and oxygen atoms in total. The van der Waals surface area contributed by atoms with Gasteiger partial charge in [-0.25, -0.2) is 0 Å². The highest BCUT2D eigenvalue weighted by Gasteiger charge is 2.22. The summed E-state index contributed by atoms with van der Waals surface area (Å²) in [5, 5.41) is 18.2. The van der Waals surface area contributed by atoms with Gasteiger partial charge in [0, 0.05) is 16.6 Å². The number of benzene rings is 1. The van der Waals surface area contributed by atoms with E-state index in [9.17, 15) is 9.90 Å². The molecule has 0 radical (unpaired) electrons. The second-order valence-corrected chi connectivity index (χ2v) is 5.01. The van der Waals surface area contributed by atoms with E-state index in [1.165, 1.54) is 4.90 Å². The fraction of sp³-hybridized carbons (Fsp3) is 0.364. The van der Waals surface area contributed by atoms with Gasteiger partial charge in [0.15, 0.2) is 0 Å². The first-order valence-electron chi connectivity index (χ1n) is 4.85. The normalized spacial score (nSPS) is 18.8. The predicted octanol–water partition coefficient (Wildman–Crippen LogP) is 2.27. The zero-order valence-corrected chi connectivity index (χ0v) is 8.96. The lowest BCUT2D eigenvalue weighted by Crippen LogP contribution is -2.04. The summed E-state index contributed by atoms with van der Waals surface area (Å²) in [7, 11) is 0. The molecule has 4 heteroatoms. The van der Waals surface area contributed by atoms with E-state index in [0.717, 1.165) is 12.0 Å². The summed E-state index contributed by atoms with van der Waals surface area (Å²) < 4.78 is 0.